The lowest BCUT2D eigenvalue weighted by atomic mass is 9.97. The Kier molecular flexibility index (Phi) is 6.80. The normalized spacial score (nSPS) is 18.0. The van der Waals surface area contributed by atoms with E-state index in [9.17, 15) is 17.6 Å². The number of nitrogens with zero attached hydrogens (tertiary/aromatic N) is 6. The van der Waals surface area contributed by atoms with Crippen molar-refractivity contribution < 1.29 is 22.0 Å². The van der Waals surface area contributed by atoms with Crippen LogP contribution in [0.15, 0.2) is 53.2 Å². The van der Waals surface area contributed by atoms with E-state index < -0.39 is 17.6 Å². The second-order valence-corrected chi connectivity index (χ2v) is 11.9. The molecule has 0 N–H and O–H groups in total. The molecule has 2 aliphatic rings. The minimum Gasteiger partial charge on any atom is -0.434 e. The van der Waals surface area contributed by atoms with Crippen LogP contribution < -0.4 is 0 Å². The van der Waals surface area contributed by atoms with Gasteiger partial charge in [0.1, 0.15) is 28.9 Å². The van der Waals surface area contributed by atoms with Crippen molar-refractivity contribution in [3.63, 3.8) is 0 Å². The van der Waals surface area contributed by atoms with Crippen LogP contribution in [0.5, 0.6) is 0 Å². The molecule has 7 rings (SSSR count). The maximum atomic E-state index is 14.4. The number of benzene rings is 2. The Bertz CT molecular complexity index is 1820. The third-order valence-corrected chi connectivity index (χ3v) is 8.31. The number of fused-ring (bicyclic) bond motifs is 1. The zero-order chi connectivity index (χ0) is 29.9. The Morgan fingerprint density at radius 1 is 1.00 bits per heavy atom. The van der Waals surface area contributed by atoms with Crippen LogP contribution in [0.25, 0.3) is 45.2 Å². The van der Waals surface area contributed by atoms with Gasteiger partial charge in [0.15, 0.2) is 11.4 Å². The van der Waals surface area contributed by atoms with E-state index in [2.05, 4.69) is 27.0 Å². The van der Waals surface area contributed by atoms with Gasteiger partial charge in [-0.1, -0.05) is 13.0 Å². The first-order valence-electron chi connectivity index (χ1n) is 14.5. The van der Waals surface area contributed by atoms with Gasteiger partial charge in [-0.3, -0.25) is 4.90 Å². The lowest BCUT2D eigenvalue weighted by Gasteiger charge is -2.30. The van der Waals surface area contributed by atoms with Crippen LogP contribution in [0.2, 0.25) is 0 Å². The van der Waals surface area contributed by atoms with Gasteiger partial charge in [0, 0.05) is 37.3 Å². The first-order chi connectivity index (χ1) is 20.6. The molecule has 11 heteroatoms. The molecule has 7 nitrogen and oxygen atoms in total. The number of hydrogen-bond donors (Lipinski definition) is 0. The van der Waals surface area contributed by atoms with Crippen molar-refractivity contribution in [2.75, 3.05) is 13.1 Å². The van der Waals surface area contributed by atoms with Gasteiger partial charge in [0.2, 0.25) is 5.89 Å². The number of pyridine rings is 1. The van der Waals surface area contributed by atoms with E-state index in [1.54, 1.807) is 29.8 Å². The minimum absolute atomic E-state index is 0.00955. The molecule has 1 saturated carbocycles. The lowest BCUT2D eigenvalue weighted by Crippen LogP contribution is -2.33. The zero-order valence-electron chi connectivity index (χ0n) is 23.8. The second-order valence-electron chi connectivity index (χ2n) is 11.9. The fraction of sp³-hybridized carbons (Fsp3) is 0.375. The monoisotopic (exact) mass is 590 g/mol. The standard InChI is InChI=1S/C32H30F4N6O/c1-18-4-3-9-42(15-18)16-19-10-25(32(34,35)36)29-27(11-19)39-31(43-29)28-13-21(12-26(38-28)20-5-6-20)23-8-7-22(33)14-24(23)30-40-37-17-41(30)2/h7-8,10-14,17-18,20H,3-6,9,15-16H2,1-2H3/t18-/m0/s1. The summed E-state index contributed by atoms with van der Waals surface area (Å²) in [5.41, 5.74) is 2.59. The lowest BCUT2D eigenvalue weighted by molar-refractivity contribution is -0.136. The van der Waals surface area contributed by atoms with Crippen molar-refractivity contribution in [2.24, 2.45) is 13.0 Å². The molecule has 3 aromatic heterocycles. The molecule has 1 aliphatic carbocycles. The van der Waals surface area contributed by atoms with Gasteiger partial charge in [0.05, 0.1) is 0 Å². The molecular formula is C32H30F4N6O. The summed E-state index contributed by atoms with van der Waals surface area (Å²) in [6.07, 6.45) is 0.992. The molecular weight excluding hydrogens is 560 g/mol. The van der Waals surface area contributed by atoms with Crippen molar-refractivity contribution in [2.45, 2.75) is 51.2 Å². The highest BCUT2D eigenvalue weighted by Gasteiger charge is 2.36. The van der Waals surface area contributed by atoms with E-state index in [1.807, 2.05) is 6.07 Å². The Labute approximate surface area is 245 Å². The number of halogens is 4. The first-order valence-corrected chi connectivity index (χ1v) is 14.5. The van der Waals surface area contributed by atoms with Crippen molar-refractivity contribution in [3.05, 3.63) is 71.4 Å². The Morgan fingerprint density at radius 2 is 1.84 bits per heavy atom. The van der Waals surface area contributed by atoms with Gasteiger partial charge in [-0.15, -0.1) is 10.2 Å². The minimum atomic E-state index is -4.62. The molecule has 0 bridgehead atoms. The smallest absolute Gasteiger partial charge is 0.420 e. The van der Waals surface area contributed by atoms with Gasteiger partial charge < -0.3 is 8.98 Å². The molecule has 2 aromatic carbocycles. The highest BCUT2D eigenvalue weighted by Crippen LogP contribution is 2.43. The van der Waals surface area contributed by atoms with Gasteiger partial charge in [-0.2, -0.15) is 13.2 Å². The maximum Gasteiger partial charge on any atom is 0.420 e. The van der Waals surface area contributed by atoms with Gasteiger partial charge >= 0.3 is 6.18 Å². The fourth-order valence-corrected chi connectivity index (χ4v) is 6.08. The highest BCUT2D eigenvalue weighted by molar-refractivity contribution is 5.84. The molecule has 1 atom stereocenters. The number of rotatable bonds is 6. The van der Waals surface area contributed by atoms with Crippen LogP contribution >= 0.6 is 0 Å². The molecule has 43 heavy (non-hydrogen) atoms. The van der Waals surface area contributed by atoms with E-state index >= 15 is 0 Å². The average Bonchev–Trinajstić information content (AvgIpc) is 3.59. The number of aryl methyl sites for hydroxylation is 1. The Balaban J connectivity index is 1.34. The predicted octanol–water partition coefficient (Wildman–Crippen LogP) is 7.62. The summed E-state index contributed by atoms with van der Waals surface area (Å²) in [6.45, 7) is 4.29. The van der Waals surface area contributed by atoms with Crippen molar-refractivity contribution >= 4 is 11.1 Å². The largest absolute Gasteiger partial charge is 0.434 e. The molecule has 0 spiro atoms. The van der Waals surface area contributed by atoms with Crippen LogP contribution in [-0.2, 0) is 19.8 Å². The van der Waals surface area contributed by atoms with Gasteiger partial charge in [0.25, 0.3) is 0 Å². The van der Waals surface area contributed by atoms with E-state index in [0.717, 1.165) is 44.5 Å². The number of alkyl halides is 3. The van der Waals surface area contributed by atoms with Gasteiger partial charge in [-0.25, -0.2) is 14.4 Å². The quantitative estimate of drug-likeness (QED) is 0.190. The van der Waals surface area contributed by atoms with Crippen LogP contribution in [0.1, 0.15) is 55.3 Å². The summed E-state index contributed by atoms with van der Waals surface area (Å²) < 4.78 is 64.9. The summed E-state index contributed by atoms with van der Waals surface area (Å²) in [6, 6.07) is 11.0. The molecule has 2 fully saturated rings. The number of oxazole rings is 1. The maximum absolute atomic E-state index is 14.4. The van der Waals surface area contributed by atoms with Crippen LogP contribution in [0, 0.1) is 11.7 Å². The van der Waals surface area contributed by atoms with Crippen LogP contribution in [-0.4, -0.2) is 42.7 Å². The molecule has 0 amide bonds. The van der Waals surface area contributed by atoms with E-state index in [4.69, 9.17) is 9.40 Å². The molecule has 0 radical (unpaired) electrons. The van der Waals surface area contributed by atoms with Crippen molar-refractivity contribution in [1.82, 2.24) is 29.6 Å². The van der Waals surface area contributed by atoms with Crippen molar-refractivity contribution in [1.29, 1.82) is 0 Å². The van der Waals surface area contributed by atoms with Gasteiger partial charge in [-0.05, 0) is 91.2 Å². The second kappa shape index (κ2) is 10.6. The zero-order valence-corrected chi connectivity index (χ0v) is 23.8. The molecule has 222 valence electrons. The third kappa shape index (κ3) is 5.53. The van der Waals surface area contributed by atoms with Crippen LogP contribution in [0.4, 0.5) is 17.6 Å². The molecule has 1 aliphatic heterocycles. The summed E-state index contributed by atoms with van der Waals surface area (Å²) in [5, 5.41) is 8.11. The molecule has 5 aromatic rings. The number of aromatic nitrogens is 5. The number of hydrogen-bond acceptors (Lipinski definition) is 6. The predicted molar refractivity (Wildman–Crippen MR) is 153 cm³/mol. The number of piperidine rings is 1. The average molecular weight is 591 g/mol. The first kappa shape index (κ1) is 27.7. The molecule has 4 heterocycles. The SMILES string of the molecule is C[C@H]1CCCN(Cc2cc(C(F)(F)F)c3oc(-c4cc(-c5ccc(F)cc5-c5nncn5C)cc(C5CC5)n4)nc3c2)C1. The topological polar surface area (TPSA) is 72.9 Å². The summed E-state index contributed by atoms with van der Waals surface area (Å²) in [7, 11) is 1.77. The van der Waals surface area contributed by atoms with E-state index in [-0.39, 0.29) is 22.9 Å². The van der Waals surface area contributed by atoms with E-state index in [1.165, 1.54) is 24.5 Å². The Morgan fingerprint density at radius 3 is 2.56 bits per heavy atom. The summed E-state index contributed by atoms with van der Waals surface area (Å²) >= 11 is 0. The van der Waals surface area contributed by atoms with E-state index in [0.29, 0.717) is 46.2 Å². The third-order valence-electron chi connectivity index (χ3n) is 8.31. The summed E-state index contributed by atoms with van der Waals surface area (Å²) in [4.78, 5) is 11.5. The molecule has 1 saturated heterocycles. The summed E-state index contributed by atoms with van der Waals surface area (Å²) in [5.74, 6) is 0.800. The highest BCUT2D eigenvalue weighted by atomic mass is 19.4. The Hall–Kier alpha value is -4.12. The van der Waals surface area contributed by atoms with Crippen LogP contribution in [0.3, 0.4) is 0 Å². The number of likely N-dealkylation sites (tertiary alicyclic amines) is 1. The molecule has 0 unspecified atom stereocenters. The van der Waals surface area contributed by atoms with Crippen molar-refractivity contribution in [3.8, 4) is 34.1 Å². The fourth-order valence-electron chi connectivity index (χ4n) is 6.08.